The van der Waals surface area contributed by atoms with Crippen LogP contribution in [0, 0.1) is 17.1 Å². The van der Waals surface area contributed by atoms with E-state index in [0.717, 1.165) is 0 Å². The maximum absolute atomic E-state index is 13.6. The number of aromatic amines is 1. The predicted molar refractivity (Wildman–Crippen MR) is 75.0 cm³/mol. The number of benzene rings is 1. The molecule has 1 aromatic heterocycles. The lowest BCUT2D eigenvalue weighted by Crippen LogP contribution is -2.21. The average Bonchev–Trinajstić information content (AvgIpc) is 2.88. The van der Waals surface area contributed by atoms with Gasteiger partial charge in [-0.1, -0.05) is 12.1 Å². The van der Waals surface area contributed by atoms with Crippen molar-refractivity contribution in [2.75, 3.05) is 7.11 Å². The lowest BCUT2D eigenvalue weighted by molar-refractivity contribution is 0.180. The number of ether oxygens (including phenoxy) is 2. The normalized spacial score (nSPS) is 16.9. The minimum Gasteiger partial charge on any atom is -0.420 e. The zero-order chi connectivity index (χ0) is 15.7. The van der Waals surface area contributed by atoms with Crippen LogP contribution < -0.4 is 10.5 Å². The number of nitrogens with two attached hydrogens (primary N) is 1. The summed E-state index contributed by atoms with van der Waals surface area (Å²) in [5, 5.41) is 16.3. The van der Waals surface area contributed by atoms with Crippen molar-refractivity contribution in [3.05, 3.63) is 58.4 Å². The zero-order valence-electron chi connectivity index (χ0n) is 11.8. The first-order chi connectivity index (χ1) is 10.7. The van der Waals surface area contributed by atoms with Crippen LogP contribution in [0.2, 0.25) is 0 Å². The number of nitrogens with zero attached hydrogens (tertiary/aromatic N) is 2. The number of H-pyrrole nitrogens is 1. The van der Waals surface area contributed by atoms with Gasteiger partial charge in [0.05, 0.1) is 23.8 Å². The van der Waals surface area contributed by atoms with Crippen LogP contribution in [-0.2, 0) is 11.3 Å². The minimum absolute atomic E-state index is 0.0280. The summed E-state index contributed by atoms with van der Waals surface area (Å²) in [4.78, 5) is 0. The van der Waals surface area contributed by atoms with Crippen LogP contribution in [0.15, 0.2) is 35.7 Å². The highest BCUT2D eigenvalue weighted by Crippen LogP contribution is 2.42. The number of aromatic nitrogens is 2. The Morgan fingerprint density at radius 2 is 2.36 bits per heavy atom. The maximum Gasteiger partial charge on any atom is 0.244 e. The summed E-state index contributed by atoms with van der Waals surface area (Å²) in [6, 6.07) is 8.07. The second-order valence-electron chi connectivity index (χ2n) is 4.83. The summed E-state index contributed by atoms with van der Waals surface area (Å²) in [5.41, 5.74) is 7.92. The van der Waals surface area contributed by atoms with Crippen LogP contribution in [0.5, 0.6) is 5.88 Å². The molecule has 0 saturated carbocycles. The summed E-state index contributed by atoms with van der Waals surface area (Å²) in [6.07, 6.45) is 0. The molecule has 3 rings (SSSR count). The molecule has 1 aromatic carbocycles. The number of nitriles is 1. The number of fused-ring (bicyclic) bond motifs is 1. The van der Waals surface area contributed by atoms with Crippen LogP contribution in [0.4, 0.5) is 4.39 Å². The van der Waals surface area contributed by atoms with Gasteiger partial charge in [-0.25, -0.2) is 4.39 Å². The number of halogens is 1. The van der Waals surface area contributed by atoms with Crippen LogP contribution >= 0.6 is 0 Å². The van der Waals surface area contributed by atoms with E-state index in [4.69, 9.17) is 15.2 Å². The Balaban J connectivity index is 2.21. The lowest BCUT2D eigenvalue weighted by atomic mass is 9.84. The Hall–Kier alpha value is -2.85. The third kappa shape index (κ3) is 2.19. The molecule has 7 heteroatoms. The van der Waals surface area contributed by atoms with E-state index >= 15 is 0 Å². The molecule has 0 spiro atoms. The maximum atomic E-state index is 13.6. The molecule has 0 amide bonds. The fourth-order valence-corrected chi connectivity index (χ4v) is 2.58. The third-order valence-corrected chi connectivity index (χ3v) is 3.49. The highest BCUT2D eigenvalue weighted by atomic mass is 19.1. The van der Waals surface area contributed by atoms with Crippen molar-refractivity contribution in [3.8, 4) is 11.9 Å². The summed E-state index contributed by atoms with van der Waals surface area (Å²) >= 11 is 0. The standard InChI is InChI=1S/C15H13FN4O2/c1-21-7-11-13-12(8-3-2-4-9(16)5-8)10(6-17)14(18)22-15(13)20-19-11/h2-5,12H,7,18H2,1H3,(H,19,20)/t12-/m0/s1. The molecular weight excluding hydrogens is 287 g/mol. The second-order valence-corrected chi connectivity index (χ2v) is 4.83. The van der Waals surface area contributed by atoms with E-state index in [1.165, 1.54) is 12.1 Å². The fourth-order valence-electron chi connectivity index (χ4n) is 2.58. The van der Waals surface area contributed by atoms with Gasteiger partial charge < -0.3 is 15.2 Å². The van der Waals surface area contributed by atoms with Crippen LogP contribution in [0.25, 0.3) is 0 Å². The molecule has 1 aliphatic heterocycles. The van der Waals surface area contributed by atoms with E-state index in [1.807, 2.05) is 6.07 Å². The van der Waals surface area contributed by atoms with Gasteiger partial charge in [-0.2, -0.15) is 5.26 Å². The number of allylic oxidation sites excluding steroid dienone is 1. The summed E-state index contributed by atoms with van der Waals surface area (Å²) in [6.45, 7) is 0.260. The summed E-state index contributed by atoms with van der Waals surface area (Å²) in [5.74, 6) is -0.691. The van der Waals surface area contributed by atoms with E-state index in [9.17, 15) is 9.65 Å². The van der Waals surface area contributed by atoms with Crippen LogP contribution in [0.3, 0.4) is 0 Å². The molecule has 1 atom stereocenters. The van der Waals surface area contributed by atoms with Gasteiger partial charge >= 0.3 is 0 Å². The Kier molecular flexibility index (Phi) is 3.53. The van der Waals surface area contributed by atoms with Crippen molar-refractivity contribution >= 4 is 0 Å². The molecule has 0 fully saturated rings. The molecule has 2 aromatic rings. The molecule has 0 aliphatic carbocycles. The molecule has 1 aliphatic rings. The first-order valence-electron chi connectivity index (χ1n) is 6.54. The van der Waals surface area contributed by atoms with Gasteiger partial charge in [0.2, 0.25) is 11.8 Å². The Morgan fingerprint density at radius 1 is 1.55 bits per heavy atom. The second kappa shape index (κ2) is 5.50. The van der Waals surface area contributed by atoms with Gasteiger partial charge in [0.15, 0.2) is 0 Å². The Labute approximate surface area is 126 Å². The largest absolute Gasteiger partial charge is 0.420 e. The third-order valence-electron chi connectivity index (χ3n) is 3.49. The molecule has 22 heavy (non-hydrogen) atoms. The topological polar surface area (TPSA) is 97.0 Å². The van der Waals surface area contributed by atoms with Crippen LogP contribution in [-0.4, -0.2) is 17.3 Å². The van der Waals surface area contributed by atoms with Crippen molar-refractivity contribution in [2.45, 2.75) is 12.5 Å². The van der Waals surface area contributed by atoms with Gasteiger partial charge in [-0.3, -0.25) is 5.10 Å². The van der Waals surface area contributed by atoms with Gasteiger partial charge in [0, 0.05) is 7.11 Å². The van der Waals surface area contributed by atoms with Crippen molar-refractivity contribution in [1.29, 1.82) is 5.26 Å². The van der Waals surface area contributed by atoms with E-state index in [-0.39, 0.29) is 23.9 Å². The Morgan fingerprint density at radius 3 is 3.05 bits per heavy atom. The number of hydrogen-bond acceptors (Lipinski definition) is 5. The lowest BCUT2D eigenvalue weighted by Gasteiger charge is -2.24. The highest BCUT2D eigenvalue weighted by Gasteiger charge is 2.35. The molecule has 112 valence electrons. The first kappa shape index (κ1) is 14.1. The molecule has 0 saturated heterocycles. The SMILES string of the molecule is COCc1[nH]nc2c1[C@@H](c1cccc(F)c1)C(C#N)=C(N)O2. The van der Waals surface area contributed by atoms with Crippen LogP contribution in [0.1, 0.15) is 22.7 Å². The Bertz CT molecular complexity index is 791. The van der Waals surface area contributed by atoms with Crippen molar-refractivity contribution in [3.63, 3.8) is 0 Å². The van der Waals surface area contributed by atoms with E-state index in [2.05, 4.69) is 10.2 Å². The van der Waals surface area contributed by atoms with Gasteiger partial charge in [-0.05, 0) is 17.7 Å². The van der Waals surface area contributed by atoms with E-state index < -0.39 is 11.7 Å². The van der Waals surface area contributed by atoms with Gasteiger partial charge in [0.25, 0.3) is 0 Å². The number of nitrogens with one attached hydrogen (secondary N) is 1. The molecule has 0 radical (unpaired) electrons. The molecule has 6 nitrogen and oxygen atoms in total. The monoisotopic (exact) mass is 300 g/mol. The molecule has 3 N–H and O–H groups in total. The predicted octanol–water partition coefficient (Wildman–Crippen LogP) is 1.91. The smallest absolute Gasteiger partial charge is 0.244 e. The van der Waals surface area contributed by atoms with Crippen molar-refractivity contribution in [1.82, 2.24) is 10.2 Å². The first-order valence-corrected chi connectivity index (χ1v) is 6.54. The average molecular weight is 300 g/mol. The fraction of sp³-hybridized carbons (Fsp3) is 0.200. The highest BCUT2D eigenvalue weighted by molar-refractivity contribution is 5.55. The molecule has 0 unspecified atom stereocenters. The van der Waals surface area contributed by atoms with E-state index in [1.54, 1.807) is 19.2 Å². The molecular formula is C15H13FN4O2. The van der Waals surface area contributed by atoms with Crippen molar-refractivity contribution < 1.29 is 13.9 Å². The zero-order valence-corrected chi connectivity index (χ0v) is 11.8. The summed E-state index contributed by atoms with van der Waals surface area (Å²) in [7, 11) is 1.55. The molecule has 2 heterocycles. The number of rotatable bonds is 3. The van der Waals surface area contributed by atoms with E-state index in [0.29, 0.717) is 16.8 Å². The van der Waals surface area contributed by atoms with Crippen molar-refractivity contribution in [2.24, 2.45) is 5.73 Å². The van der Waals surface area contributed by atoms with Gasteiger partial charge in [0.1, 0.15) is 17.5 Å². The van der Waals surface area contributed by atoms with Gasteiger partial charge in [-0.15, -0.1) is 5.10 Å². The number of hydrogen-bond donors (Lipinski definition) is 2. The number of methoxy groups -OCH3 is 1. The quantitative estimate of drug-likeness (QED) is 0.902. The summed E-state index contributed by atoms with van der Waals surface area (Å²) < 4.78 is 24.1. The minimum atomic E-state index is -0.548. The molecule has 0 bridgehead atoms.